The number of hydrogen-bond acceptors (Lipinski definition) is 3. The van der Waals surface area contributed by atoms with Crippen LogP contribution in [0.1, 0.15) is 35.2 Å². The Labute approximate surface area is 143 Å². The van der Waals surface area contributed by atoms with Crippen LogP contribution in [-0.4, -0.2) is 50.7 Å². The molecule has 0 spiro atoms. The molecule has 0 saturated carbocycles. The molecule has 1 fully saturated rings. The third kappa shape index (κ3) is 5.23. The number of aryl methyl sites for hydroxylation is 1. The molecule has 1 aromatic carbocycles. The van der Waals surface area contributed by atoms with E-state index in [0.717, 1.165) is 38.0 Å². The number of nitrogens with one attached hydrogen (secondary N) is 2. The molecule has 2 N–H and O–H groups in total. The van der Waals surface area contributed by atoms with Crippen LogP contribution in [0, 0.1) is 12.8 Å². The van der Waals surface area contributed by atoms with Crippen molar-refractivity contribution in [3.63, 3.8) is 0 Å². The van der Waals surface area contributed by atoms with E-state index in [1.165, 1.54) is 4.90 Å². The van der Waals surface area contributed by atoms with Crippen LogP contribution in [0.3, 0.4) is 0 Å². The van der Waals surface area contributed by atoms with E-state index in [9.17, 15) is 9.59 Å². The summed E-state index contributed by atoms with van der Waals surface area (Å²) in [5.41, 5.74) is 2.19. The summed E-state index contributed by atoms with van der Waals surface area (Å²) in [4.78, 5) is 25.4. The van der Waals surface area contributed by atoms with Crippen LogP contribution in [0.5, 0.6) is 0 Å². The summed E-state index contributed by atoms with van der Waals surface area (Å²) in [5.74, 6) is 0.587. The van der Waals surface area contributed by atoms with Gasteiger partial charge in [-0.3, -0.25) is 4.79 Å². The number of anilines is 1. The number of benzene rings is 1. The Balaban J connectivity index is 1.77. The molecule has 1 heterocycles. The first-order valence-corrected chi connectivity index (χ1v) is 8.42. The Morgan fingerprint density at radius 3 is 2.75 bits per heavy atom. The van der Waals surface area contributed by atoms with Crippen LogP contribution in [0.4, 0.5) is 10.5 Å². The first-order chi connectivity index (χ1) is 11.5. The Hall–Kier alpha value is -2.08. The number of hydrogen-bond donors (Lipinski definition) is 2. The first kappa shape index (κ1) is 18.3. The smallest absolute Gasteiger partial charge is 0.319 e. The van der Waals surface area contributed by atoms with Gasteiger partial charge in [-0.2, -0.15) is 0 Å². The molecule has 0 bridgehead atoms. The fourth-order valence-electron chi connectivity index (χ4n) is 2.77. The number of rotatable bonds is 6. The molecule has 1 atom stereocenters. The number of ether oxygens (including phenoxy) is 1. The van der Waals surface area contributed by atoms with Gasteiger partial charge in [-0.1, -0.05) is 0 Å². The van der Waals surface area contributed by atoms with Crippen LogP contribution < -0.4 is 10.6 Å². The van der Waals surface area contributed by atoms with E-state index in [0.29, 0.717) is 23.7 Å². The van der Waals surface area contributed by atoms with Gasteiger partial charge in [0.25, 0.3) is 5.91 Å². The minimum Gasteiger partial charge on any atom is -0.381 e. The van der Waals surface area contributed by atoms with Crippen molar-refractivity contribution in [3.05, 3.63) is 29.3 Å². The molecule has 1 aromatic rings. The average molecular weight is 333 g/mol. The number of carbonyl (C=O) groups is 2. The van der Waals surface area contributed by atoms with Gasteiger partial charge in [0.15, 0.2) is 0 Å². The van der Waals surface area contributed by atoms with E-state index < -0.39 is 0 Å². The van der Waals surface area contributed by atoms with Crippen LogP contribution >= 0.6 is 0 Å². The molecule has 2 rings (SSSR count). The van der Waals surface area contributed by atoms with Gasteiger partial charge in [0.05, 0.1) is 0 Å². The zero-order chi connectivity index (χ0) is 17.5. The van der Waals surface area contributed by atoms with E-state index in [2.05, 4.69) is 10.6 Å². The molecule has 132 valence electrons. The maximum atomic E-state index is 12.0. The Morgan fingerprint density at radius 2 is 2.12 bits per heavy atom. The minimum absolute atomic E-state index is 0.0509. The predicted molar refractivity (Wildman–Crippen MR) is 94.4 cm³/mol. The van der Waals surface area contributed by atoms with E-state index in [-0.39, 0.29) is 11.9 Å². The zero-order valence-corrected chi connectivity index (χ0v) is 14.7. The summed E-state index contributed by atoms with van der Waals surface area (Å²) >= 11 is 0. The fraction of sp³-hybridized carbons (Fsp3) is 0.556. The van der Waals surface area contributed by atoms with Gasteiger partial charge in [-0.15, -0.1) is 0 Å². The molecule has 1 aliphatic heterocycles. The fourth-order valence-corrected chi connectivity index (χ4v) is 2.77. The quantitative estimate of drug-likeness (QED) is 0.786. The topological polar surface area (TPSA) is 70.7 Å². The van der Waals surface area contributed by atoms with E-state index in [4.69, 9.17) is 4.74 Å². The molecule has 24 heavy (non-hydrogen) atoms. The summed E-state index contributed by atoms with van der Waals surface area (Å²) in [7, 11) is 3.43. The van der Waals surface area contributed by atoms with Crippen LogP contribution in [0.25, 0.3) is 0 Å². The maximum absolute atomic E-state index is 12.0. The summed E-state index contributed by atoms with van der Waals surface area (Å²) < 4.78 is 5.34. The number of nitrogens with zero attached hydrogens (tertiary/aromatic N) is 1. The monoisotopic (exact) mass is 333 g/mol. The van der Waals surface area contributed by atoms with E-state index >= 15 is 0 Å². The van der Waals surface area contributed by atoms with Crippen LogP contribution in [0.15, 0.2) is 18.2 Å². The molecule has 6 heteroatoms. The molecule has 0 aliphatic carbocycles. The van der Waals surface area contributed by atoms with Gasteiger partial charge in [-0.25, -0.2) is 4.79 Å². The van der Waals surface area contributed by atoms with Crippen LogP contribution in [0.2, 0.25) is 0 Å². The summed E-state index contributed by atoms with van der Waals surface area (Å²) in [6, 6.07) is 5.07. The number of carbonyl (C=O) groups excluding carboxylic acids is 2. The van der Waals surface area contributed by atoms with Crippen molar-refractivity contribution in [3.8, 4) is 0 Å². The largest absolute Gasteiger partial charge is 0.381 e. The van der Waals surface area contributed by atoms with Gasteiger partial charge in [0.2, 0.25) is 0 Å². The Bertz CT molecular complexity index is 581. The number of urea groups is 1. The SMILES string of the molecule is Cc1cc(C(=O)N(C)C)ccc1NC(=O)NCCC[C@H]1CCOC1. The second kappa shape index (κ2) is 8.68. The third-order valence-corrected chi connectivity index (χ3v) is 4.23. The third-order valence-electron chi connectivity index (χ3n) is 4.23. The van der Waals surface area contributed by atoms with Crippen molar-refractivity contribution in [2.45, 2.75) is 26.2 Å². The highest BCUT2D eigenvalue weighted by atomic mass is 16.5. The molecule has 1 saturated heterocycles. The first-order valence-electron chi connectivity index (χ1n) is 8.42. The van der Waals surface area contributed by atoms with Crippen LogP contribution in [-0.2, 0) is 4.74 Å². The highest BCUT2D eigenvalue weighted by molar-refractivity contribution is 5.96. The van der Waals surface area contributed by atoms with Crippen molar-refractivity contribution >= 4 is 17.6 Å². The average Bonchev–Trinajstić information content (AvgIpc) is 3.06. The molecular weight excluding hydrogens is 306 g/mol. The van der Waals surface area contributed by atoms with E-state index in [1.807, 2.05) is 6.92 Å². The molecule has 3 amide bonds. The van der Waals surface area contributed by atoms with Crippen molar-refractivity contribution in [1.29, 1.82) is 0 Å². The predicted octanol–water partition coefficient (Wildman–Crippen LogP) is 2.64. The molecular formula is C18H27N3O3. The zero-order valence-electron chi connectivity index (χ0n) is 14.7. The van der Waals surface area contributed by atoms with Gasteiger partial charge in [0.1, 0.15) is 0 Å². The van der Waals surface area contributed by atoms with Crippen molar-refractivity contribution in [1.82, 2.24) is 10.2 Å². The highest BCUT2D eigenvalue weighted by Gasteiger charge is 2.15. The highest BCUT2D eigenvalue weighted by Crippen LogP contribution is 2.18. The molecule has 6 nitrogen and oxygen atoms in total. The minimum atomic E-state index is -0.215. The second-order valence-corrected chi connectivity index (χ2v) is 6.48. The molecule has 0 aromatic heterocycles. The Kier molecular flexibility index (Phi) is 6.61. The summed E-state index contributed by atoms with van der Waals surface area (Å²) in [6.45, 7) is 4.24. The Morgan fingerprint density at radius 1 is 1.33 bits per heavy atom. The second-order valence-electron chi connectivity index (χ2n) is 6.48. The van der Waals surface area contributed by atoms with Gasteiger partial charge in [-0.05, 0) is 55.9 Å². The lowest BCUT2D eigenvalue weighted by Gasteiger charge is -2.14. The van der Waals surface area contributed by atoms with E-state index in [1.54, 1.807) is 32.3 Å². The van der Waals surface area contributed by atoms with Gasteiger partial charge < -0.3 is 20.3 Å². The lowest BCUT2D eigenvalue weighted by molar-refractivity contribution is 0.0827. The van der Waals surface area contributed by atoms with Crippen molar-refractivity contribution in [2.75, 3.05) is 39.2 Å². The van der Waals surface area contributed by atoms with Gasteiger partial charge >= 0.3 is 6.03 Å². The van der Waals surface area contributed by atoms with Crippen molar-refractivity contribution in [2.24, 2.45) is 5.92 Å². The molecule has 0 radical (unpaired) electrons. The summed E-state index contributed by atoms with van der Waals surface area (Å²) in [6.07, 6.45) is 3.17. The normalized spacial score (nSPS) is 16.7. The summed E-state index contributed by atoms with van der Waals surface area (Å²) in [5, 5.41) is 5.71. The van der Waals surface area contributed by atoms with Gasteiger partial charge in [0, 0.05) is 45.1 Å². The van der Waals surface area contributed by atoms with Crippen molar-refractivity contribution < 1.29 is 14.3 Å². The molecule has 0 unspecified atom stereocenters. The standard InChI is InChI=1S/C18H27N3O3/c1-13-11-15(17(22)21(2)3)6-7-16(13)20-18(23)19-9-4-5-14-8-10-24-12-14/h6-7,11,14H,4-5,8-10,12H2,1-3H3,(H2,19,20,23)/t14-/m0/s1. The lowest BCUT2D eigenvalue weighted by atomic mass is 10.0. The number of amides is 3. The maximum Gasteiger partial charge on any atom is 0.319 e. The molecule has 1 aliphatic rings. The lowest BCUT2D eigenvalue weighted by Crippen LogP contribution is -2.30.